The lowest BCUT2D eigenvalue weighted by Crippen LogP contribution is -2.48. The van der Waals surface area contributed by atoms with Crippen molar-refractivity contribution in [2.45, 2.75) is 25.7 Å². The molecule has 2 aromatic carbocycles. The van der Waals surface area contributed by atoms with Gasteiger partial charge in [0.2, 0.25) is 15.9 Å². The second kappa shape index (κ2) is 12.3. The highest BCUT2D eigenvalue weighted by Crippen LogP contribution is 2.23. The van der Waals surface area contributed by atoms with E-state index >= 15 is 0 Å². The predicted molar refractivity (Wildman–Crippen MR) is 138 cm³/mol. The molecule has 0 atom stereocenters. The molecular formula is C26H36N4O3S. The molecule has 3 rings (SSSR count). The Morgan fingerprint density at radius 3 is 2.29 bits per heavy atom. The summed E-state index contributed by atoms with van der Waals surface area (Å²) in [4.78, 5) is 17.4. The summed E-state index contributed by atoms with van der Waals surface area (Å²) < 4.78 is 27.3. The highest BCUT2D eigenvalue weighted by molar-refractivity contribution is 7.89. The average molecular weight is 485 g/mol. The number of anilines is 1. The second-order valence-corrected chi connectivity index (χ2v) is 10.4. The van der Waals surface area contributed by atoms with Gasteiger partial charge in [0, 0.05) is 51.5 Å². The molecule has 0 spiro atoms. The van der Waals surface area contributed by atoms with E-state index in [0.717, 1.165) is 32.7 Å². The van der Waals surface area contributed by atoms with Gasteiger partial charge in [-0.05, 0) is 30.2 Å². The van der Waals surface area contributed by atoms with Crippen molar-refractivity contribution in [3.8, 4) is 0 Å². The van der Waals surface area contributed by atoms with Crippen LogP contribution in [-0.2, 0) is 14.8 Å². The molecular weight excluding hydrogens is 448 g/mol. The van der Waals surface area contributed by atoms with Gasteiger partial charge in [-0.15, -0.1) is 0 Å². The van der Waals surface area contributed by atoms with Gasteiger partial charge in [0.05, 0.1) is 11.4 Å². The van der Waals surface area contributed by atoms with Gasteiger partial charge in [0.1, 0.15) is 0 Å². The van der Waals surface area contributed by atoms with Crippen molar-refractivity contribution in [2.24, 2.45) is 0 Å². The van der Waals surface area contributed by atoms with E-state index in [1.165, 1.54) is 9.87 Å². The maximum absolute atomic E-state index is 13.0. The molecule has 1 aliphatic heterocycles. The summed E-state index contributed by atoms with van der Waals surface area (Å²) >= 11 is 0. The number of carbonyl (C=O) groups is 1. The van der Waals surface area contributed by atoms with E-state index in [4.69, 9.17) is 0 Å². The highest BCUT2D eigenvalue weighted by atomic mass is 32.2. The zero-order valence-electron chi connectivity index (χ0n) is 20.4. The molecule has 0 aromatic heterocycles. The van der Waals surface area contributed by atoms with Crippen LogP contribution in [-0.4, -0.2) is 80.8 Å². The zero-order valence-corrected chi connectivity index (χ0v) is 21.2. The number of hydrogen-bond donors (Lipinski definition) is 1. The Bertz CT molecular complexity index is 1070. The van der Waals surface area contributed by atoms with E-state index in [0.29, 0.717) is 30.9 Å². The van der Waals surface area contributed by atoms with Gasteiger partial charge in [0.15, 0.2) is 0 Å². The van der Waals surface area contributed by atoms with Crippen LogP contribution in [0.4, 0.5) is 5.69 Å². The van der Waals surface area contributed by atoms with Crippen LogP contribution in [0.3, 0.4) is 0 Å². The molecule has 0 radical (unpaired) electrons. The summed E-state index contributed by atoms with van der Waals surface area (Å²) in [6, 6.07) is 15.3. The monoisotopic (exact) mass is 484 g/mol. The fourth-order valence-corrected chi connectivity index (χ4v) is 5.80. The van der Waals surface area contributed by atoms with E-state index in [9.17, 15) is 13.2 Å². The smallest absolute Gasteiger partial charge is 0.243 e. The van der Waals surface area contributed by atoms with E-state index in [1.54, 1.807) is 25.1 Å². The molecule has 1 saturated heterocycles. The van der Waals surface area contributed by atoms with Gasteiger partial charge in [-0.2, -0.15) is 4.31 Å². The molecule has 0 saturated carbocycles. The van der Waals surface area contributed by atoms with Crippen molar-refractivity contribution in [2.75, 3.05) is 57.7 Å². The Labute approximate surface area is 204 Å². The van der Waals surface area contributed by atoms with Crippen LogP contribution in [0, 0.1) is 6.92 Å². The Kier molecular flexibility index (Phi) is 9.41. The minimum absolute atomic E-state index is 0.132. The summed E-state index contributed by atoms with van der Waals surface area (Å²) in [6.07, 6.45) is 4.31. The number of amides is 1. The maximum Gasteiger partial charge on any atom is 0.243 e. The Balaban J connectivity index is 1.50. The molecule has 0 bridgehead atoms. The molecule has 0 aliphatic carbocycles. The van der Waals surface area contributed by atoms with E-state index in [1.807, 2.05) is 32.0 Å². The predicted octanol–water partition coefficient (Wildman–Crippen LogP) is 3.30. The number of rotatable bonds is 10. The first-order valence-electron chi connectivity index (χ1n) is 11.9. The third kappa shape index (κ3) is 6.99. The summed E-state index contributed by atoms with van der Waals surface area (Å²) in [6.45, 7) is 10.9. The Morgan fingerprint density at radius 2 is 1.65 bits per heavy atom. The number of nitrogens with one attached hydrogen (secondary N) is 1. The van der Waals surface area contributed by atoms with Crippen molar-refractivity contribution in [3.05, 3.63) is 65.7 Å². The molecule has 1 N–H and O–H groups in total. The number of carbonyl (C=O) groups excluding carboxylic acids is 1. The molecule has 34 heavy (non-hydrogen) atoms. The lowest BCUT2D eigenvalue weighted by atomic mass is 10.2. The van der Waals surface area contributed by atoms with Crippen LogP contribution in [0.1, 0.15) is 25.0 Å². The number of aryl methyl sites for hydroxylation is 1. The van der Waals surface area contributed by atoms with Gasteiger partial charge in [-0.3, -0.25) is 14.6 Å². The number of piperazine rings is 1. The first kappa shape index (κ1) is 26.1. The van der Waals surface area contributed by atoms with Crippen LogP contribution in [0.2, 0.25) is 0 Å². The number of sulfonamides is 1. The van der Waals surface area contributed by atoms with Crippen LogP contribution in [0.5, 0.6) is 0 Å². The number of benzene rings is 2. The SMILES string of the molecule is CCN(CC)S(=O)(=O)c1cc(NC(=O)CN2CCN(C/C=C/c3ccccc3)CC2)ccc1C. The molecule has 1 fully saturated rings. The first-order chi connectivity index (χ1) is 16.3. The zero-order chi connectivity index (χ0) is 24.6. The van der Waals surface area contributed by atoms with Crippen LogP contribution < -0.4 is 5.32 Å². The van der Waals surface area contributed by atoms with Gasteiger partial charge in [0.25, 0.3) is 0 Å². The molecule has 2 aromatic rings. The van der Waals surface area contributed by atoms with Gasteiger partial charge in [-0.25, -0.2) is 8.42 Å². The fourth-order valence-electron chi connectivity index (χ4n) is 4.09. The van der Waals surface area contributed by atoms with Crippen LogP contribution in [0.25, 0.3) is 6.08 Å². The third-order valence-electron chi connectivity index (χ3n) is 6.10. The molecule has 1 aliphatic rings. The molecule has 8 heteroatoms. The normalized spacial score (nSPS) is 15.8. The van der Waals surface area contributed by atoms with Crippen molar-refractivity contribution >= 4 is 27.7 Å². The molecule has 1 heterocycles. The van der Waals surface area contributed by atoms with Crippen molar-refractivity contribution in [3.63, 3.8) is 0 Å². The molecule has 184 valence electrons. The standard InChI is InChI=1S/C26H36N4O3S/c1-4-30(5-2)34(32,33)25-20-24(14-13-22(25)3)27-26(31)21-29-18-16-28(17-19-29)15-9-12-23-10-7-6-8-11-23/h6-14,20H,4-5,15-19,21H2,1-3H3,(H,27,31)/b12-9+. The van der Waals surface area contributed by atoms with Crippen molar-refractivity contribution in [1.82, 2.24) is 14.1 Å². The van der Waals surface area contributed by atoms with Gasteiger partial charge in [-0.1, -0.05) is 62.4 Å². The second-order valence-electron chi connectivity index (χ2n) is 8.51. The summed E-state index contributed by atoms with van der Waals surface area (Å²) in [5.41, 5.74) is 2.37. The lowest BCUT2D eigenvalue weighted by Gasteiger charge is -2.33. The maximum atomic E-state index is 13.0. The average Bonchev–Trinajstić information content (AvgIpc) is 2.82. The Hall–Kier alpha value is -2.52. The van der Waals surface area contributed by atoms with E-state index < -0.39 is 10.0 Å². The van der Waals surface area contributed by atoms with Gasteiger partial charge >= 0.3 is 0 Å². The summed E-state index contributed by atoms with van der Waals surface area (Å²) in [5, 5.41) is 2.88. The lowest BCUT2D eigenvalue weighted by molar-refractivity contribution is -0.117. The van der Waals surface area contributed by atoms with Crippen molar-refractivity contribution in [1.29, 1.82) is 0 Å². The topological polar surface area (TPSA) is 73.0 Å². The molecule has 1 amide bonds. The quantitative estimate of drug-likeness (QED) is 0.560. The third-order valence-corrected chi connectivity index (χ3v) is 8.29. The highest BCUT2D eigenvalue weighted by Gasteiger charge is 2.24. The Morgan fingerprint density at radius 1 is 1.00 bits per heavy atom. The minimum atomic E-state index is -3.59. The van der Waals surface area contributed by atoms with E-state index in [2.05, 4.69) is 39.4 Å². The van der Waals surface area contributed by atoms with Crippen LogP contribution in [0.15, 0.2) is 59.5 Å². The largest absolute Gasteiger partial charge is 0.325 e. The first-order valence-corrected chi connectivity index (χ1v) is 13.3. The van der Waals surface area contributed by atoms with Crippen molar-refractivity contribution < 1.29 is 13.2 Å². The van der Waals surface area contributed by atoms with E-state index in [-0.39, 0.29) is 10.8 Å². The number of hydrogen-bond acceptors (Lipinski definition) is 5. The molecule has 7 nitrogen and oxygen atoms in total. The van der Waals surface area contributed by atoms with Crippen LogP contribution >= 0.6 is 0 Å². The number of nitrogens with zero attached hydrogens (tertiary/aromatic N) is 3. The fraction of sp³-hybridized carbons (Fsp3) is 0.423. The minimum Gasteiger partial charge on any atom is -0.325 e. The summed E-state index contributed by atoms with van der Waals surface area (Å²) in [5.74, 6) is -0.132. The molecule has 0 unspecified atom stereocenters. The van der Waals surface area contributed by atoms with Gasteiger partial charge < -0.3 is 5.32 Å². The summed E-state index contributed by atoms with van der Waals surface area (Å²) in [7, 11) is -3.59.